The molecule has 1 saturated heterocycles. The number of morpholine rings is 1. The van der Waals surface area contributed by atoms with Crippen LogP contribution in [0.25, 0.3) is 16.6 Å². The Balaban J connectivity index is 1.46. The normalized spacial score (nSPS) is 14.8. The first-order chi connectivity index (χ1) is 15.7. The molecule has 0 atom stereocenters. The van der Waals surface area contributed by atoms with E-state index in [1.54, 1.807) is 33.5 Å². The van der Waals surface area contributed by atoms with E-state index in [-0.39, 0.29) is 11.5 Å². The number of fused-ring (bicyclic) bond motifs is 3. The molecule has 0 saturated carbocycles. The lowest BCUT2D eigenvalue weighted by Gasteiger charge is -2.26. The summed E-state index contributed by atoms with van der Waals surface area (Å²) in [7, 11) is 0. The fourth-order valence-electron chi connectivity index (χ4n) is 4.14. The van der Waals surface area contributed by atoms with E-state index in [0.717, 1.165) is 43.9 Å². The molecule has 0 spiro atoms. The zero-order chi connectivity index (χ0) is 21.9. The topological polar surface area (TPSA) is 80.9 Å². The van der Waals surface area contributed by atoms with Crippen molar-refractivity contribution >= 4 is 22.5 Å². The number of aromatic nitrogens is 3. The number of amides is 1. The van der Waals surface area contributed by atoms with Crippen LogP contribution in [0.1, 0.15) is 15.9 Å². The monoisotopic (exact) mass is 431 g/mol. The zero-order valence-electron chi connectivity index (χ0n) is 17.7. The first-order valence-electron chi connectivity index (χ1n) is 10.8. The van der Waals surface area contributed by atoms with Crippen molar-refractivity contribution in [1.29, 1.82) is 0 Å². The van der Waals surface area contributed by atoms with E-state index in [1.165, 1.54) is 0 Å². The van der Waals surface area contributed by atoms with Crippen LogP contribution in [0.15, 0.2) is 65.6 Å². The van der Waals surface area contributed by atoms with Gasteiger partial charge in [-0.2, -0.15) is 5.10 Å². The highest BCUT2D eigenvalue weighted by atomic mass is 16.5. The van der Waals surface area contributed by atoms with Gasteiger partial charge in [0, 0.05) is 31.7 Å². The van der Waals surface area contributed by atoms with Crippen molar-refractivity contribution < 1.29 is 9.53 Å². The molecule has 0 aliphatic carbocycles. The Bertz CT molecular complexity index is 1310. The molecule has 3 heterocycles. The first kappa shape index (κ1) is 20.4. The summed E-state index contributed by atoms with van der Waals surface area (Å²) in [6.07, 6.45) is 1.62. The highest BCUT2D eigenvalue weighted by Crippen LogP contribution is 2.18. The summed E-state index contributed by atoms with van der Waals surface area (Å²) in [4.78, 5) is 28.3. The van der Waals surface area contributed by atoms with Crippen molar-refractivity contribution in [3.8, 4) is 0 Å². The Morgan fingerprint density at radius 1 is 1.00 bits per heavy atom. The molecule has 2 aromatic heterocycles. The number of hydrogen-bond acceptors (Lipinski definition) is 5. The molecule has 8 heteroatoms. The van der Waals surface area contributed by atoms with Crippen LogP contribution in [-0.4, -0.2) is 64.4 Å². The first-order valence-corrected chi connectivity index (χ1v) is 10.8. The minimum Gasteiger partial charge on any atom is -0.379 e. The Hall–Kier alpha value is -3.49. The van der Waals surface area contributed by atoms with Gasteiger partial charge in [-0.3, -0.25) is 14.5 Å². The second kappa shape index (κ2) is 8.94. The summed E-state index contributed by atoms with van der Waals surface area (Å²) in [6, 6.07) is 17.0. The lowest BCUT2D eigenvalue weighted by Crippen LogP contribution is -2.41. The largest absolute Gasteiger partial charge is 0.379 e. The molecule has 5 rings (SSSR count). The molecule has 1 amide bonds. The smallest absolute Gasteiger partial charge is 0.277 e. The third-order valence-corrected chi connectivity index (χ3v) is 5.86. The van der Waals surface area contributed by atoms with Crippen LogP contribution in [0.5, 0.6) is 0 Å². The van der Waals surface area contributed by atoms with Crippen molar-refractivity contribution in [2.45, 2.75) is 6.54 Å². The molecule has 1 aliphatic heterocycles. The number of ether oxygens (including phenoxy) is 1. The van der Waals surface area contributed by atoms with Gasteiger partial charge in [0.05, 0.1) is 37.0 Å². The Morgan fingerprint density at radius 3 is 2.62 bits per heavy atom. The third kappa shape index (κ3) is 4.02. The highest BCUT2D eigenvalue weighted by Gasteiger charge is 2.15. The average Bonchev–Trinajstić information content (AvgIpc) is 3.33. The predicted octanol–water partition coefficient (Wildman–Crippen LogP) is 1.76. The molecule has 0 bridgehead atoms. The quantitative estimate of drug-likeness (QED) is 0.503. The van der Waals surface area contributed by atoms with Crippen molar-refractivity contribution in [3.05, 3.63) is 82.3 Å². The number of carbonyl (C=O) groups is 1. The molecular formula is C24H25N5O3. The molecule has 0 radical (unpaired) electrons. The van der Waals surface area contributed by atoms with Gasteiger partial charge in [0.25, 0.3) is 11.5 Å². The Morgan fingerprint density at radius 2 is 1.81 bits per heavy atom. The molecular weight excluding hydrogens is 406 g/mol. The van der Waals surface area contributed by atoms with Crippen molar-refractivity contribution in [2.75, 3.05) is 39.4 Å². The van der Waals surface area contributed by atoms with E-state index < -0.39 is 0 Å². The minimum atomic E-state index is -0.153. The SMILES string of the molecule is O=C(NCCN1CCOCC1)c1ccc2c(c1)n(Cc1ccccc1)c(=O)c1ccnn12. The molecule has 2 aromatic carbocycles. The molecule has 164 valence electrons. The maximum absolute atomic E-state index is 13.2. The molecule has 32 heavy (non-hydrogen) atoms. The molecule has 1 N–H and O–H groups in total. The van der Waals surface area contributed by atoms with Crippen molar-refractivity contribution in [3.63, 3.8) is 0 Å². The van der Waals surface area contributed by atoms with Gasteiger partial charge in [-0.05, 0) is 29.8 Å². The maximum Gasteiger partial charge on any atom is 0.277 e. The summed E-state index contributed by atoms with van der Waals surface area (Å²) in [5.41, 5.74) is 3.37. The van der Waals surface area contributed by atoms with Gasteiger partial charge in [-0.25, -0.2) is 4.52 Å². The molecule has 4 aromatic rings. The summed E-state index contributed by atoms with van der Waals surface area (Å²) in [5, 5.41) is 7.31. The van der Waals surface area contributed by atoms with Gasteiger partial charge in [0.1, 0.15) is 5.52 Å². The standard InChI is InChI=1S/C24H25N5O3/c30-23(25-10-11-27-12-14-32-15-13-27)19-6-7-20-22(16-19)28(17-18-4-2-1-3-5-18)24(31)21-8-9-26-29(20)21/h1-9,16H,10-15,17H2,(H,25,30). The number of carbonyl (C=O) groups excluding carboxylic acids is 1. The number of hydrogen-bond donors (Lipinski definition) is 1. The van der Waals surface area contributed by atoms with Gasteiger partial charge in [0.15, 0.2) is 0 Å². The van der Waals surface area contributed by atoms with Crippen LogP contribution in [0.2, 0.25) is 0 Å². The van der Waals surface area contributed by atoms with Gasteiger partial charge < -0.3 is 14.6 Å². The van der Waals surface area contributed by atoms with E-state index in [4.69, 9.17) is 4.74 Å². The van der Waals surface area contributed by atoms with Crippen LogP contribution >= 0.6 is 0 Å². The Labute approximate surface area is 185 Å². The number of rotatable bonds is 6. The van der Waals surface area contributed by atoms with Crippen molar-refractivity contribution in [1.82, 2.24) is 24.4 Å². The van der Waals surface area contributed by atoms with E-state index in [1.807, 2.05) is 36.4 Å². The number of benzene rings is 2. The highest BCUT2D eigenvalue weighted by molar-refractivity contribution is 5.97. The summed E-state index contributed by atoms with van der Waals surface area (Å²) >= 11 is 0. The average molecular weight is 431 g/mol. The second-order valence-electron chi connectivity index (χ2n) is 7.92. The number of nitrogens with zero attached hydrogens (tertiary/aromatic N) is 4. The van der Waals surface area contributed by atoms with E-state index in [2.05, 4.69) is 15.3 Å². The fraction of sp³-hybridized carbons (Fsp3) is 0.292. The summed E-state index contributed by atoms with van der Waals surface area (Å²) in [6.45, 7) is 5.01. The lowest BCUT2D eigenvalue weighted by molar-refractivity contribution is 0.0383. The van der Waals surface area contributed by atoms with Crippen LogP contribution in [-0.2, 0) is 11.3 Å². The maximum atomic E-state index is 13.2. The van der Waals surface area contributed by atoms with Gasteiger partial charge in [-0.1, -0.05) is 30.3 Å². The van der Waals surface area contributed by atoms with Crippen LogP contribution in [0, 0.1) is 0 Å². The fourth-order valence-corrected chi connectivity index (χ4v) is 4.14. The van der Waals surface area contributed by atoms with E-state index >= 15 is 0 Å². The minimum absolute atomic E-state index is 0.135. The zero-order valence-corrected chi connectivity index (χ0v) is 17.7. The molecule has 8 nitrogen and oxygen atoms in total. The van der Waals surface area contributed by atoms with Crippen LogP contribution in [0.3, 0.4) is 0 Å². The van der Waals surface area contributed by atoms with E-state index in [9.17, 15) is 9.59 Å². The molecule has 0 unspecified atom stereocenters. The van der Waals surface area contributed by atoms with Crippen LogP contribution in [0.4, 0.5) is 0 Å². The third-order valence-electron chi connectivity index (χ3n) is 5.86. The second-order valence-corrected chi connectivity index (χ2v) is 7.92. The van der Waals surface area contributed by atoms with Gasteiger partial charge in [-0.15, -0.1) is 0 Å². The predicted molar refractivity (Wildman–Crippen MR) is 122 cm³/mol. The van der Waals surface area contributed by atoms with E-state index in [0.29, 0.717) is 29.7 Å². The van der Waals surface area contributed by atoms with Crippen LogP contribution < -0.4 is 10.9 Å². The molecule has 1 aliphatic rings. The summed E-state index contributed by atoms with van der Waals surface area (Å²) < 4.78 is 8.71. The lowest BCUT2D eigenvalue weighted by atomic mass is 10.1. The molecule has 1 fully saturated rings. The Kier molecular flexibility index (Phi) is 5.70. The number of nitrogens with one attached hydrogen (secondary N) is 1. The van der Waals surface area contributed by atoms with Crippen molar-refractivity contribution in [2.24, 2.45) is 0 Å². The van der Waals surface area contributed by atoms with Gasteiger partial charge in [0.2, 0.25) is 0 Å². The van der Waals surface area contributed by atoms with Gasteiger partial charge >= 0.3 is 0 Å². The summed E-state index contributed by atoms with van der Waals surface area (Å²) in [5.74, 6) is -0.153.